The molecule has 7 heteroatoms. The average molecular weight is 432 g/mol. The van der Waals surface area contributed by atoms with Crippen LogP contribution in [0, 0.1) is 0 Å². The average Bonchev–Trinajstić information content (AvgIpc) is 3.30. The number of benzene rings is 2. The van der Waals surface area contributed by atoms with Crippen LogP contribution in [-0.4, -0.2) is 25.8 Å². The summed E-state index contributed by atoms with van der Waals surface area (Å²) in [6, 6.07) is 21.7. The predicted molar refractivity (Wildman–Crippen MR) is 131 cm³/mol. The van der Waals surface area contributed by atoms with E-state index in [4.69, 9.17) is 0 Å². The molecule has 160 valence electrons. The van der Waals surface area contributed by atoms with E-state index in [2.05, 4.69) is 61.4 Å². The molecule has 0 saturated carbocycles. The van der Waals surface area contributed by atoms with Crippen molar-refractivity contribution in [3.05, 3.63) is 98.1 Å². The van der Waals surface area contributed by atoms with Crippen molar-refractivity contribution in [3.8, 4) is 22.4 Å². The van der Waals surface area contributed by atoms with Crippen molar-refractivity contribution in [3.63, 3.8) is 0 Å². The van der Waals surface area contributed by atoms with Gasteiger partial charge in [0.25, 0.3) is 0 Å². The topological polar surface area (TPSA) is 95.6 Å². The fourth-order valence-electron chi connectivity index (χ4n) is 3.58. The molecule has 0 spiro atoms. The summed E-state index contributed by atoms with van der Waals surface area (Å²) < 4.78 is 0. The second-order valence-electron chi connectivity index (χ2n) is 7.39. The van der Waals surface area contributed by atoms with Gasteiger partial charge in [0.15, 0.2) is 0 Å². The van der Waals surface area contributed by atoms with E-state index >= 15 is 0 Å². The van der Waals surface area contributed by atoms with Gasteiger partial charge >= 0.3 is 0 Å². The molecule has 3 aromatic heterocycles. The summed E-state index contributed by atoms with van der Waals surface area (Å²) in [5, 5.41) is 6.94. The van der Waals surface area contributed by atoms with Gasteiger partial charge in [-0.05, 0) is 53.1 Å². The van der Waals surface area contributed by atoms with Crippen LogP contribution in [-0.2, 0) is 4.79 Å². The summed E-state index contributed by atoms with van der Waals surface area (Å²) in [7, 11) is 0. The summed E-state index contributed by atoms with van der Waals surface area (Å²) in [6.45, 7) is 3.48. The Morgan fingerprint density at radius 1 is 0.909 bits per heavy atom. The Morgan fingerprint density at radius 3 is 2.52 bits per heavy atom. The van der Waals surface area contributed by atoms with Gasteiger partial charge in [-0.3, -0.25) is 9.78 Å². The molecule has 0 aliphatic heterocycles. The summed E-state index contributed by atoms with van der Waals surface area (Å²) >= 11 is 0. The lowest BCUT2D eigenvalue weighted by molar-refractivity contribution is -0.111. The number of hydrogen-bond acceptors (Lipinski definition) is 5. The van der Waals surface area contributed by atoms with E-state index in [0.29, 0.717) is 11.5 Å². The second kappa shape index (κ2) is 8.76. The Kier molecular flexibility index (Phi) is 5.35. The number of aromatic nitrogens is 4. The molecular formula is C26H20N6O. The van der Waals surface area contributed by atoms with Gasteiger partial charge < -0.3 is 15.6 Å². The molecule has 5 aromatic rings. The first-order valence-corrected chi connectivity index (χ1v) is 10.3. The highest BCUT2D eigenvalue weighted by molar-refractivity contribution is 5.99. The molecule has 0 aliphatic carbocycles. The minimum Gasteiger partial charge on any atom is -0.340 e. The lowest BCUT2D eigenvalue weighted by Gasteiger charge is -2.08. The molecule has 2 aromatic carbocycles. The van der Waals surface area contributed by atoms with Crippen LogP contribution < -0.4 is 10.6 Å². The molecule has 5 rings (SSSR count). The van der Waals surface area contributed by atoms with E-state index in [1.807, 2.05) is 48.7 Å². The Labute approximate surface area is 190 Å². The van der Waals surface area contributed by atoms with Gasteiger partial charge in [-0.25, -0.2) is 9.97 Å². The standard InChI is InChI=1S/C26H20N6O/c1-2-24(33)30-20-6-3-7-21(13-20)31-25-22-14-23(32-26(22)29-16-28-25)18-10-8-17(9-11-18)19-5-4-12-27-15-19/h2-16H,1H2,(H,30,33)(H2,28,29,31,32). The van der Waals surface area contributed by atoms with E-state index in [0.717, 1.165) is 39.1 Å². The quantitative estimate of drug-likeness (QED) is 0.306. The smallest absolute Gasteiger partial charge is 0.247 e. The van der Waals surface area contributed by atoms with Crippen LogP contribution in [0.4, 0.5) is 17.2 Å². The highest BCUT2D eigenvalue weighted by Crippen LogP contribution is 2.30. The van der Waals surface area contributed by atoms with Crippen LogP contribution in [0.3, 0.4) is 0 Å². The van der Waals surface area contributed by atoms with Crippen molar-refractivity contribution in [1.82, 2.24) is 19.9 Å². The molecule has 0 fully saturated rings. The first-order valence-electron chi connectivity index (χ1n) is 10.3. The van der Waals surface area contributed by atoms with Gasteiger partial charge in [0.2, 0.25) is 5.91 Å². The monoisotopic (exact) mass is 432 g/mol. The number of nitrogens with zero attached hydrogens (tertiary/aromatic N) is 3. The van der Waals surface area contributed by atoms with Gasteiger partial charge in [0.05, 0.1) is 5.39 Å². The van der Waals surface area contributed by atoms with Gasteiger partial charge in [0, 0.05) is 29.5 Å². The summed E-state index contributed by atoms with van der Waals surface area (Å²) in [6.07, 6.45) is 6.37. The SMILES string of the molecule is C=CC(=O)Nc1cccc(Nc2ncnc3[nH]c(-c4ccc(-c5cccnc5)cc4)cc23)c1. The molecule has 0 unspecified atom stereocenters. The lowest BCUT2D eigenvalue weighted by atomic mass is 10.0. The van der Waals surface area contributed by atoms with Gasteiger partial charge in [-0.15, -0.1) is 0 Å². The number of hydrogen-bond donors (Lipinski definition) is 3. The zero-order chi connectivity index (χ0) is 22.6. The predicted octanol–water partition coefficient (Wildman–Crippen LogP) is 5.56. The zero-order valence-electron chi connectivity index (χ0n) is 17.6. The molecule has 3 N–H and O–H groups in total. The van der Waals surface area contributed by atoms with Crippen LogP contribution in [0.25, 0.3) is 33.4 Å². The Balaban J connectivity index is 1.43. The van der Waals surface area contributed by atoms with E-state index in [-0.39, 0.29) is 5.91 Å². The van der Waals surface area contributed by atoms with Crippen molar-refractivity contribution >= 4 is 34.1 Å². The van der Waals surface area contributed by atoms with Gasteiger partial charge in [0.1, 0.15) is 17.8 Å². The largest absolute Gasteiger partial charge is 0.340 e. The maximum atomic E-state index is 11.6. The first-order chi connectivity index (χ1) is 16.2. The lowest BCUT2D eigenvalue weighted by Crippen LogP contribution is -2.07. The fourth-order valence-corrected chi connectivity index (χ4v) is 3.58. The van der Waals surface area contributed by atoms with Crippen LogP contribution in [0.2, 0.25) is 0 Å². The van der Waals surface area contributed by atoms with Gasteiger partial charge in [-0.2, -0.15) is 0 Å². The molecule has 1 amide bonds. The van der Waals surface area contributed by atoms with E-state index in [1.54, 1.807) is 6.20 Å². The number of H-pyrrole nitrogens is 1. The molecule has 0 bridgehead atoms. The Morgan fingerprint density at radius 2 is 1.73 bits per heavy atom. The molecule has 0 saturated heterocycles. The zero-order valence-corrected chi connectivity index (χ0v) is 17.6. The third-order valence-electron chi connectivity index (χ3n) is 5.19. The maximum absolute atomic E-state index is 11.6. The number of nitrogens with one attached hydrogen (secondary N) is 3. The van der Waals surface area contributed by atoms with Crippen LogP contribution >= 0.6 is 0 Å². The first kappa shape index (κ1) is 20.1. The highest BCUT2D eigenvalue weighted by atomic mass is 16.1. The summed E-state index contributed by atoms with van der Waals surface area (Å²) in [5.74, 6) is 0.406. The normalized spacial score (nSPS) is 10.7. The fraction of sp³-hybridized carbons (Fsp3) is 0. The third-order valence-corrected chi connectivity index (χ3v) is 5.19. The minimum atomic E-state index is -0.263. The number of aromatic amines is 1. The third kappa shape index (κ3) is 4.33. The molecule has 0 atom stereocenters. The van der Waals surface area contributed by atoms with E-state index < -0.39 is 0 Å². The van der Waals surface area contributed by atoms with Crippen molar-refractivity contribution in [2.75, 3.05) is 10.6 Å². The van der Waals surface area contributed by atoms with E-state index in [9.17, 15) is 4.79 Å². The number of amides is 1. The second-order valence-corrected chi connectivity index (χ2v) is 7.39. The Hall–Kier alpha value is -4.78. The number of carbonyl (C=O) groups is 1. The number of fused-ring (bicyclic) bond motifs is 1. The van der Waals surface area contributed by atoms with Crippen LogP contribution in [0.15, 0.2) is 98.1 Å². The minimum absolute atomic E-state index is 0.263. The number of anilines is 3. The van der Waals surface area contributed by atoms with E-state index in [1.165, 1.54) is 12.4 Å². The van der Waals surface area contributed by atoms with Crippen molar-refractivity contribution in [2.24, 2.45) is 0 Å². The molecule has 3 heterocycles. The summed E-state index contributed by atoms with van der Waals surface area (Å²) in [5.41, 5.74) is 6.35. The van der Waals surface area contributed by atoms with Gasteiger partial charge in [-0.1, -0.05) is 43.0 Å². The van der Waals surface area contributed by atoms with Crippen molar-refractivity contribution < 1.29 is 4.79 Å². The maximum Gasteiger partial charge on any atom is 0.247 e. The van der Waals surface area contributed by atoms with Crippen LogP contribution in [0.5, 0.6) is 0 Å². The summed E-state index contributed by atoms with van der Waals surface area (Å²) in [4.78, 5) is 27.9. The van der Waals surface area contributed by atoms with Crippen molar-refractivity contribution in [1.29, 1.82) is 0 Å². The number of carbonyl (C=O) groups excluding carboxylic acids is 1. The molecule has 33 heavy (non-hydrogen) atoms. The number of pyridine rings is 1. The molecular weight excluding hydrogens is 412 g/mol. The van der Waals surface area contributed by atoms with Crippen LogP contribution in [0.1, 0.15) is 0 Å². The van der Waals surface area contributed by atoms with Crippen molar-refractivity contribution in [2.45, 2.75) is 0 Å². The Bertz CT molecular complexity index is 1440. The number of rotatable bonds is 6. The molecule has 0 aliphatic rings. The molecule has 7 nitrogen and oxygen atoms in total. The molecule has 0 radical (unpaired) electrons. The highest BCUT2D eigenvalue weighted by Gasteiger charge is 2.11.